The monoisotopic (exact) mass is 410 g/mol. The minimum Gasteiger partial charge on any atom is -0.321 e. The first-order chi connectivity index (χ1) is 13.5. The molecule has 0 spiro atoms. The van der Waals surface area contributed by atoms with Gasteiger partial charge in [-0.1, -0.05) is 23.7 Å². The van der Waals surface area contributed by atoms with E-state index in [2.05, 4.69) is 20.8 Å². The molecular weight excluding hydrogens is 396 g/mol. The van der Waals surface area contributed by atoms with Gasteiger partial charge in [0.25, 0.3) is 11.8 Å². The number of halogens is 1. The molecule has 0 aliphatic heterocycles. The van der Waals surface area contributed by atoms with E-state index in [0.29, 0.717) is 26.2 Å². The quantitative estimate of drug-likeness (QED) is 0.438. The van der Waals surface area contributed by atoms with Gasteiger partial charge < -0.3 is 10.6 Å². The Hall–Kier alpha value is -3.16. The molecule has 3 N–H and O–H groups in total. The van der Waals surface area contributed by atoms with Gasteiger partial charge in [0, 0.05) is 11.1 Å². The molecule has 2 aromatic heterocycles. The first-order valence-electron chi connectivity index (χ1n) is 8.42. The van der Waals surface area contributed by atoms with Crippen LogP contribution in [0, 0.1) is 6.92 Å². The maximum Gasteiger partial charge on any atom is 0.266 e. The lowest BCUT2D eigenvalue weighted by Gasteiger charge is -2.05. The van der Waals surface area contributed by atoms with Crippen molar-refractivity contribution in [2.75, 3.05) is 10.6 Å². The topological polar surface area (TPSA) is 86.9 Å². The normalized spacial score (nSPS) is 10.8. The number of carbonyl (C=O) groups excluding carboxylic acids is 2. The van der Waals surface area contributed by atoms with Crippen molar-refractivity contribution in [3.8, 4) is 0 Å². The van der Waals surface area contributed by atoms with E-state index in [-0.39, 0.29) is 11.8 Å². The SMILES string of the molecule is Cc1cc(NC(=O)c2ccccc2Cl)sc1C(=O)Nc1ccc2cn[nH]c2c1. The van der Waals surface area contributed by atoms with Crippen LogP contribution in [0.3, 0.4) is 0 Å². The zero-order valence-electron chi connectivity index (χ0n) is 14.7. The molecule has 8 heteroatoms. The molecule has 0 saturated heterocycles. The third-order valence-electron chi connectivity index (χ3n) is 4.18. The van der Waals surface area contributed by atoms with Crippen molar-refractivity contribution in [2.45, 2.75) is 6.92 Å². The van der Waals surface area contributed by atoms with Crippen LogP contribution in [0.1, 0.15) is 25.6 Å². The van der Waals surface area contributed by atoms with E-state index in [0.717, 1.165) is 16.5 Å². The van der Waals surface area contributed by atoms with Crippen LogP contribution in [0.15, 0.2) is 54.7 Å². The minimum atomic E-state index is -0.316. The maximum atomic E-state index is 12.7. The molecule has 140 valence electrons. The standard InChI is InChI=1S/C20H15ClN4O2S/c1-11-8-17(24-19(26)14-4-2-3-5-15(14)21)28-18(11)20(27)23-13-7-6-12-10-22-25-16(12)9-13/h2-10H,1H3,(H,22,25)(H,23,27)(H,24,26). The highest BCUT2D eigenvalue weighted by Crippen LogP contribution is 2.29. The number of benzene rings is 2. The number of rotatable bonds is 4. The van der Waals surface area contributed by atoms with Crippen LogP contribution in [-0.2, 0) is 0 Å². The Morgan fingerprint density at radius 2 is 1.89 bits per heavy atom. The predicted octanol–water partition coefficient (Wildman–Crippen LogP) is 5.09. The molecule has 2 heterocycles. The Morgan fingerprint density at radius 3 is 2.71 bits per heavy atom. The highest BCUT2D eigenvalue weighted by atomic mass is 35.5. The third kappa shape index (κ3) is 3.62. The van der Waals surface area contributed by atoms with Gasteiger partial charge >= 0.3 is 0 Å². The van der Waals surface area contributed by atoms with Crippen molar-refractivity contribution < 1.29 is 9.59 Å². The van der Waals surface area contributed by atoms with Crippen LogP contribution in [-0.4, -0.2) is 22.0 Å². The zero-order chi connectivity index (χ0) is 19.7. The minimum absolute atomic E-state index is 0.236. The largest absolute Gasteiger partial charge is 0.321 e. The van der Waals surface area contributed by atoms with Crippen LogP contribution in [0.4, 0.5) is 10.7 Å². The second-order valence-corrected chi connectivity index (χ2v) is 7.64. The smallest absolute Gasteiger partial charge is 0.266 e. The number of fused-ring (bicyclic) bond motifs is 1. The number of aryl methyl sites for hydroxylation is 1. The summed E-state index contributed by atoms with van der Waals surface area (Å²) in [4.78, 5) is 25.6. The van der Waals surface area contributed by atoms with E-state index in [9.17, 15) is 9.59 Å². The summed E-state index contributed by atoms with van der Waals surface area (Å²) in [6.07, 6.45) is 1.72. The number of nitrogens with one attached hydrogen (secondary N) is 3. The number of aromatic nitrogens is 2. The fourth-order valence-corrected chi connectivity index (χ4v) is 3.98. The van der Waals surface area contributed by atoms with E-state index >= 15 is 0 Å². The zero-order valence-corrected chi connectivity index (χ0v) is 16.3. The molecule has 28 heavy (non-hydrogen) atoms. The van der Waals surface area contributed by atoms with Gasteiger partial charge in [-0.3, -0.25) is 14.7 Å². The van der Waals surface area contributed by atoms with E-state index in [1.54, 1.807) is 36.5 Å². The molecule has 0 aliphatic rings. The molecular formula is C20H15ClN4O2S. The second kappa shape index (κ2) is 7.46. The molecule has 4 rings (SSSR count). The van der Waals surface area contributed by atoms with E-state index < -0.39 is 0 Å². The Kier molecular flexibility index (Phi) is 4.85. The van der Waals surface area contributed by atoms with Gasteiger partial charge in [0.2, 0.25) is 0 Å². The molecule has 0 bridgehead atoms. The predicted molar refractivity (Wildman–Crippen MR) is 113 cm³/mol. The van der Waals surface area contributed by atoms with Crippen LogP contribution in [0.5, 0.6) is 0 Å². The van der Waals surface area contributed by atoms with Crippen LogP contribution in [0.25, 0.3) is 10.9 Å². The summed E-state index contributed by atoms with van der Waals surface area (Å²) in [6.45, 7) is 1.83. The molecule has 0 radical (unpaired) electrons. The van der Waals surface area contributed by atoms with Gasteiger partial charge in [0.15, 0.2) is 0 Å². The maximum absolute atomic E-state index is 12.7. The molecule has 2 aromatic carbocycles. The fourth-order valence-electron chi connectivity index (χ4n) is 2.80. The summed E-state index contributed by atoms with van der Waals surface area (Å²) in [7, 11) is 0. The molecule has 0 saturated carbocycles. The van der Waals surface area contributed by atoms with Gasteiger partial charge in [0.05, 0.1) is 32.2 Å². The number of nitrogens with zero attached hydrogens (tertiary/aromatic N) is 1. The third-order valence-corrected chi connectivity index (χ3v) is 5.66. The van der Waals surface area contributed by atoms with Gasteiger partial charge in [-0.15, -0.1) is 11.3 Å². The Balaban J connectivity index is 1.51. The lowest BCUT2D eigenvalue weighted by molar-refractivity contribution is 0.102. The number of anilines is 2. The summed E-state index contributed by atoms with van der Waals surface area (Å²) in [5.74, 6) is -0.553. The molecule has 0 unspecified atom stereocenters. The number of H-pyrrole nitrogens is 1. The van der Waals surface area contributed by atoms with Crippen LogP contribution >= 0.6 is 22.9 Å². The second-order valence-electron chi connectivity index (χ2n) is 6.18. The summed E-state index contributed by atoms with van der Waals surface area (Å²) >= 11 is 7.28. The van der Waals surface area contributed by atoms with Crippen molar-refractivity contribution in [1.82, 2.24) is 10.2 Å². The summed E-state index contributed by atoms with van der Waals surface area (Å²) in [6, 6.07) is 14.1. The lowest BCUT2D eigenvalue weighted by Crippen LogP contribution is -2.11. The van der Waals surface area contributed by atoms with Gasteiger partial charge in [-0.05, 0) is 48.9 Å². The number of carbonyl (C=O) groups is 2. The van der Waals surface area contributed by atoms with Crippen molar-refractivity contribution in [1.29, 1.82) is 0 Å². The highest BCUT2D eigenvalue weighted by molar-refractivity contribution is 7.18. The van der Waals surface area contributed by atoms with E-state index in [1.165, 1.54) is 11.3 Å². The summed E-state index contributed by atoms with van der Waals surface area (Å²) in [5, 5.41) is 14.4. The van der Waals surface area contributed by atoms with Crippen molar-refractivity contribution in [2.24, 2.45) is 0 Å². The summed E-state index contributed by atoms with van der Waals surface area (Å²) < 4.78 is 0. The highest BCUT2D eigenvalue weighted by Gasteiger charge is 2.17. The van der Waals surface area contributed by atoms with Gasteiger partial charge in [0.1, 0.15) is 0 Å². The van der Waals surface area contributed by atoms with Gasteiger partial charge in [-0.25, -0.2) is 0 Å². The van der Waals surface area contributed by atoms with Gasteiger partial charge in [-0.2, -0.15) is 5.10 Å². The molecule has 6 nitrogen and oxygen atoms in total. The first kappa shape index (κ1) is 18.2. The number of thiophene rings is 1. The summed E-state index contributed by atoms with van der Waals surface area (Å²) in [5.41, 5.74) is 2.67. The molecule has 0 atom stereocenters. The van der Waals surface area contributed by atoms with Crippen LogP contribution in [0.2, 0.25) is 5.02 Å². The molecule has 4 aromatic rings. The first-order valence-corrected chi connectivity index (χ1v) is 9.61. The number of hydrogen-bond acceptors (Lipinski definition) is 4. The Labute approximate surface area is 169 Å². The van der Waals surface area contributed by atoms with Crippen molar-refractivity contribution >= 4 is 56.3 Å². The van der Waals surface area contributed by atoms with E-state index in [4.69, 9.17) is 11.6 Å². The van der Waals surface area contributed by atoms with Crippen molar-refractivity contribution in [3.63, 3.8) is 0 Å². The number of hydrogen-bond donors (Lipinski definition) is 3. The average molecular weight is 411 g/mol. The molecule has 0 aliphatic carbocycles. The average Bonchev–Trinajstić information content (AvgIpc) is 3.27. The molecule has 2 amide bonds. The fraction of sp³-hybridized carbons (Fsp3) is 0.0500. The van der Waals surface area contributed by atoms with E-state index in [1.807, 2.05) is 25.1 Å². The molecule has 0 fully saturated rings. The lowest BCUT2D eigenvalue weighted by atomic mass is 10.2. The van der Waals surface area contributed by atoms with Crippen molar-refractivity contribution in [3.05, 3.63) is 75.8 Å². The Morgan fingerprint density at radius 1 is 1.07 bits per heavy atom. The Bertz CT molecular complexity index is 1200. The number of amides is 2. The number of aromatic amines is 1. The van der Waals surface area contributed by atoms with Crippen LogP contribution < -0.4 is 10.6 Å².